The van der Waals surface area contributed by atoms with Crippen molar-refractivity contribution in [1.29, 1.82) is 0 Å². The second-order valence-electron chi connectivity index (χ2n) is 6.76. The third-order valence-corrected chi connectivity index (χ3v) is 6.16. The molecular weight excluding hydrogens is 427 g/mol. The van der Waals surface area contributed by atoms with Crippen LogP contribution in [-0.2, 0) is 14.6 Å². The minimum atomic E-state index is -4.12. The second kappa shape index (κ2) is 8.65. The maximum Gasteiger partial charge on any atom is 0.341 e. The molecule has 3 aromatic carbocycles. The van der Waals surface area contributed by atoms with Gasteiger partial charge in [0.25, 0.3) is 0 Å². The molecule has 0 bridgehead atoms. The summed E-state index contributed by atoms with van der Waals surface area (Å²) < 4.78 is 49.9. The Bertz CT molecular complexity index is 1210. The van der Waals surface area contributed by atoms with E-state index in [1.807, 2.05) is 0 Å². The quantitative estimate of drug-likeness (QED) is 0.523. The summed E-state index contributed by atoms with van der Waals surface area (Å²) in [6.07, 6.45) is 0. The Kier molecular flexibility index (Phi) is 6.16. The first kappa shape index (κ1) is 22.1. The van der Waals surface area contributed by atoms with Crippen molar-refractivity contribution in [3.8, 4) is 23.0 Å². The van der Waals surface area contributed by atoms with Gasteiger partial charge in [-0.15, -0.1) is 0 Å². The first-order valence-electron chi connectivity index (χ1n) is 9.05. The number of hydrogen-bond acceptors (Lipinski definition) is 6. The van der Waals surface area contributed by atoms with Crippen LogP contribution in [0.1, 0.15) is 11.1 Å². The van der Waals surface area contributed by atoms with Crippen molar-refractivity contribution < 1.29 is 37.3 Å². The first-order chi connectivity index (χ1) is 14.6. The fraction of sp³-hybridized carbons (Fsp3) is 0.136. The lowest BCUT2D eigenvalue weighted by molar-refractivity contribution is -0.139. The monoisotopic (exact) mass is 446 g/mol. The van der Waals surface area contributed by atoms with E-state index in [4.69, 9.17) is 14.6 Å². The fourth-order valence-electron chi connectivity index (χ4n) is 2.93. The molecule has 0 saturated carbocycles. The number of aromatic hydroxyl groups is 1. The van der Waals surface area contributed by atoms with Crippen molar-refractivity contribution in [2.75, 3.05) is 6.61 Å². The lowest BCUT2D eigenvalue weighted by Gasteiger charge is -2.15. The van der Waals surface area contributed by atoms with Gasteiger partial charge in [0.05, 0.1) is 4.90 Å². The lowest BCUT2D eigenvalue weighted by Crippen LogP contribution is -2.09. The van der Waals surface area contributed by atoms with Crippen LogP contribution < -0.4 is 9.47 Å². The summed E-state index contributed by atoms with van der Waals surface area (Å²) in [4.78, 5) is 10.1. The molecule has 0 aromatic heterocycles. The molecule has 0 aliphatic heterocycles. The molecule has 31 heavy (non-hydrogen) atoms. The molecule has 0 saturated heterocycles. The Labute approximate surface area is 178 Å². The van der Waals surface area contributed by atoms with Crippen LogP contribution in [0.4, 0.5) is 4.39 Å². The molecule has 3 rings (SSSR count). The van der Waals surface area contributed by atoms with Crippen molar-refractivity contribution >= 4 is 15.8 Å². The van der Waals surface area contributed by atoms with Crippen LogP contribution in [0.5, 0.6) is 23.0 Å². The molecule has 0 aliphatic carbocycles. The fourth-order valence-corrected chi connectivity index (χ4v) is 4.29. The summed E-state index contributed by atoms with van der Waals surface area (Å²) in [7, 11) is -4.12. The van der Waals surface area contributed by atoms with Crippen LogP contribution in [-0.4, -0.2) is 31.2 Å². The summed E-state index contributed by atoms with van der Waals surface area (Å²) in [5, 5.41) is 18.9. The normalized spacial score (nSPS) is 11.2. The molecule has 0 radical (unpaired) electrons. The topological polar surface area (TPSA) is 110 Å². The molecule has 0 atom stereocenters. The lowest BCUT2D eigenvalue weighted by atomic mass is 10.1. The average molecular weight is 446 g/mol. The van der Waals surface area contributed by atoms with Crippen LogP contribution in [0.2, 0.25) is 0 Å². The second-order valence-corrected chi connectivity index (χ2v) is 8.68. The number of phenolic OH excluding ortho intramolecular Hbond substituents is 1. The van der Waals surface area contributed by atoms with Crippen molar-refractivity contribution in [1.82, 2.24) is 0 Å². The molecule has 0 unspecified atom stereocenters. The number of halogens is 1. The van der Waals surface area contributed by atoms with E-state index in [-0.39, 0.29) is 15.5 Å². The predicted molar refractivity (Wildman–Crippen MR) is 109 cm³/mol. The van der Waals surface area contributed by atoms with Crippen LogP contribution in [0.3, 0.4) is 0 Å². The minimum Gasteiger partial charge on any atom is -0.507 e. The van der Waals surface area contributed by atoms with Crippen molar-refractivity contribution in [3.05, 3.63) is 71.5 Å². The maximum atomic E-state index is 13.2. The number of ether oxygens (including phenoxy) is 2. The van der Waals surface area contributed by atoms with E-state index < -0.39 is 34.0 Å². The summed E-state index contributed by atoms with van der Waals surface area (Å²) in [6, 6.07) is 11.2. The number of rotatable bonds is 7. The maximum absolute atomic E-state index is 13.2. The van der Waals surface area contributed by atoms with Crippen LogP contribution in [0.15, 0.2) is 64.4 Å². The van der Waals surface area contributed by atoms with Gasteiger partial charge in [-0.1, -0.05) is 0 Å². The molecule has 3 aromatic rings. The predicted octanol–water partition coefficient (Wildman–Crippen LogP) is 4.24. The van der Waals surface area contributed by atoms with Gasteiger partial charge in [-0.25, -0.2) is 17.6 Å². The molecule has 0 spiro atoms. The molecule has 9 heteroatoms. The highest BCUT2D eigenvalue weighted by atomic mass is 32.2. The van der Waals surface area contributed by atoms with Gasteiger partial charge in [0.2, 0.25) is 9.84 Å². The van der Waals surface area contributed by atoms with E-state index in [0.717, 1.165) is 24.3 Å². The molecule has 0 amide bonds. The number of aryl methyl sites for hydroxylation is 2. The number of benzene rings is 3. The molecule has 162 valence electrons. The van der Waals surface area contributed by atoms with Crippen LogP contribution >= 0.6 is 0 Å². The van der Waals surface area contributed by atoms with Gasteiger partial charge < -0.3 is 19.7 Å². The number of carbonyl (C=O) groups is 1. The minimum absolute atomic E-state index is 0.156. The summed E-state index contributed by atoms with van der Waals surface area (Å²) >= 11 is 0. The molecule has 7 nitrogen and oxygen atoms in total. The zero-order valence-corrected chi connectivity index (χ0v) is 17.4. The van der Waals surface area contributed by atoms with Gasteiger partial charge in [-0.2, -0.15) is 0 Å². The van der Waals surface area contributed by atoms with E-state index in [1.54, 1.807) is 26.0 Å². The highest BCUT2D eigenvalue weighted by molar-refractivity contribution is 7.91. The number of hydrogen-bond donors (Lipinski definition) is 2. The zero-order valence-electron chi connectivity index (χ0n) is 16.6. The van der Waals surface area contributed by atoms with E-state index in [9.17, 15) is 22.7 Å². The van der Waals surface area contributed by atoms with Crippen LogP contribution in [0.25, 0.3) is 0 Å². The summed E-state index contributed by atoms with van der Waals surface area (Å²) in [5.74, 6) is -1.21. The molecule has 2 N–H and O–H groups in total. The Morgan fingerprint density at radius 2 is 1.58 bits per heavy atom. The van der Waals surface area contributed by atoms with Gasteiger partial charge in [0.15, 0.2) is 6.61 Å². The third-order valence-electron chi connectivity index (χ3n) is 4.36. The Morgan fingerprint density at radius 1 is 0.968 bits per heavy atom. The Balaban J connectivity index is 1.94. The number of phenols is 1. The van der Waals surface area contributed by atoms with Gasteiger partial charge in [-0.05, 0) is 73.5 Å². The number of carboxylic acids is 1. The van der Waals surface area contributed by atoms with Gasteiger partial charge in [0.1, 0.15) is 33.7 Å². The van der Waals surface area contributed by atoms with Gasteiger partial charge in [-0.3, -0.25) is 0 Å². The average Bonchev–Trinajstić information content (AvgIpc) is 2.70. The highest BCUT2D eigenvalue weighted by Gasteiger charge is 2.23. The first-order valence-corrected chi connectivity index (χ1v) is 10.5. The van der Waals surface area contributed by atoms with Crippen molar-refractivity contribution in [3.63, 3.8) is 0 Å². The molecule has 0 heterocycles. The Hall–Kier alpha value is -3.59. The van der Waals surface area contributed by atoms with Crippen molar-refractivity contribution in [2.45, 2.75) is 23.6 Å². The van der Waals surface area contributed by atoms with Gasteiger partial charge >= 0.3 is 5.97 Å². The highest BCUT2D eigenvalue weighted by Crippen LogP contribution is 2.36. The van der Waals surface area contributed by atoms with E-state index in [2.05, 4.69) is 0 Å². The zero-order chi connectivity index (χ0) is 22.8. The third kappa shape index (κ3) is 4.95. The van der Waals surface area contributed by atoms with E-state index in [0.29, 0.717) is 22.6 Å². The molecular formula is C22H19FO7S. The smallest absolute Gasteiger partial charge is 0.341 e. The molecule has 0 fully saturated rings. The molecule has 0 aliphatic rings. The van der Waals surface area contributed by atoms with Gasteiger partial charge in [0, 0.05) is 6.07 Å². The Morgan fingerprint density at radius 3 is 2.16 bits per heavy atom. The standard InChI is InChI=1S/C22H19FO7S/c1-13-9-17(29-12-21(25)26)10-14(2)22(13)30-16-5-8-19(24)20(11-16)31(27,28)18-6-3-15(23)4-7-18/h3-11,24H,12H2,1-2H3,(H,25,26). The summed E-state index contributed by atoms with van der Waals surface area (Å²) in [5.41, 5.74) is 1.27. The number of sulfone groups is 1. The van der Waals surface area contributed by atoms with E-state index in [1.165, 1.54) is 18.2 Å². The summed E-state index contributed by atoms with van der Waals surface area (Å²) in [6.45, 7) is 2.97. The number of aliphatic carboxylic acids is 1. The largest absolute Gasteiger partial charge is 0.507 e. The number of carboxylic acid groups (broad SMARTS) is 1. The van der Waals surface area contributed by atoms with Crippen molar-refractivity contribution in [2.24, 2.45) is 0 Å². The SMILES string of the molecule is Cc1cc(OCC(=O)O)cc(C)c1Oc1ccc(O)c(S(=O)(=O)c2ccc(F)cc2)c1. The van der Waals surface area contributed by atoms with Crippen LogP contribution in [0, 0.1) is 19.7 Å². The van der Waals surface area contributed by atoms with E-state index >= 15 is 0 Å².